The number of esters is 1. The van der Waals surface area contributed by atoms with E-state index in [1.54, 1.807) is 0 Å². The lowest BCUT2D eigenvalue weighted by Crippen LogP contribution is -2.36. The van der Waals surface area contributed by atoms with E-state index in [1.165, 1.54) is 5.57 Å². The van der Waals surface area contributed by atoms with E-state index in [2.05, 4.69) is 26.8 Å². The summed E-state index contributed by atoms with van der Waals surface area (Å²) >= 11 is 0. The fraction of sp³-hybridized carbons (Fsp3) is 0.769. The minimum absolute atomic E-state index is 0.0313. The van der Waals surface area contributed by atoms with Crippen molar-refractivity contribution in [3.63, 3.8) is 0 Å². The van der Waals surface area contributed by atoms with Crippen molar-refractivity contribution in [3.05, 3.63) is 11.6 Å². The van der Waals surface area contributed by atoms with Crippen molar-refractivity contribution in [3.8, 4) is 0 Å². The molecule has 0 aromatic carbocycles. The molecule has 0 saturated carbocycles. The van der Waals surface area contributed by atoms with E-state index in [1.807, 2.05) is 6.92 Å². The highest BCUT2D eigenvalue weighted by Gasteiger charge is 2.39. The maximum atomic E-state index is 11.9. The average molecular weight is 210 g/mol. The van der Waals surface area contributed by atoms with Crippen LogP contribution in [0.1, 0.15) is 47.0 Å². The van der Waals surface area contributed by atoms with Gasteiger partial charge in [-0.05, 0) is 31.6 Å². The second-order valence-corrected chi connectivity index (χ2v) is 4.84. The van der Waals surface area contributed by atoms with Gasteiger partial charge in [0.05, 0.1) is 12.5 Å². The molecule has 0 radical (unpaired) electrons. The van der Waals surface area contributed by atoms with Crippen molar-refractivity contribution in [1.82, 2.24) is 0 Å². The van der Waals surface area contributed by atoms with E-state index in [9.17, 15) is 4.79 Å². The van der Waals surface area contributed by atoms with Crippen LogP contribution in [-0.2, 0) is 9.53 Å². The summed E-state index contributed by atoms with van der Waals surface area (Å²) < 4.78 is 5.17. The fourth-order valence-corrected chi connectivity index (χ4v) is 2.44. The van der Waals surface area contributed by atoms with Crippen LogP contribution >= 0.6 is 0 Å². The zero-order valence-corrected chi connectivity index (χ0v) is 10.3. The highest BCUT2D eigenvalue weighted by atomic mass is 16.5. The number of ether oxygens (including phenoxy) is 1. The first-order chi connectivity index (χ1) is 7.03. The second-order valence-electron chi connectivity index (χ2n) is 4.84. The predicted molar refractivity (Wildman–Crippen MR) is 61.5 cm³/mol. The molecule has 0 heterocycles. The van der Waals surface area contributed by atoms with Gasteiger partial charge >= 0.3 is 5.97 Å². The fourth-order valence-electron chi connectivity index (χ4n) is 2.44. The van der Waals surface area contributed by atoms with Crippen LogP contribution in [0.25, 0.3) is 0 Å². The van der Waals surface area contributed by atoms with E-state index in [4.69, 9.17) is 4.74 Å². The number of hydrogen-bond acceptors (Lipinski definition) is 2. The first kappa shape index (κ1) is 12.3. The Kier molecular flexibility index (Phi) is 3.95. The van der Waals surface area contributed by atoms with Crippen LogP contribution < -0.4 is 0 Å². The van der Waals surface area contributed by atoms with Gasteiger partial charge in [-0.2, -0.15) is 0 Å². The van der Waals surface area contributed by atoms with Crippen molar-refractivity contribution in [2.24, 2.45) is 11.3 Å². The molecular formula is C13H22O2. The Morgan fingerprint density at radius 3 is 2.73 bits per heavy atom. The van der Waals surface area contributed by atoms with E-state index < -0.39 is 0 Å². The SMILES string of the molecule is CCOC(=O)[C@@H]1C(CC)=CCCC1(C)C. The van der Waals surface area contributed by atoms with Gasteiger partial charge in [0.2, 0.25) is 0 Å². The Morgan fingerprint density at radius 2 is 2.20 bits per heavy atom. The van der Waals surface area contributed by atoms with Crippen LogP contribution in [-0.4, -0.2) is 12.6 Å². The van der Waals surface area contributed by atoms with Crippen molar-refractivity contribution < 1.29 is 9.53 Å². The molecule has 86 valence electrons. The summed E-state index contributed by atoms with van der Waals surface area (Å²) in [4.78, 5) is 11.9. The van der Waals surface area contributed by atoms with Crippen LogP contribution in [0, 0.1) is 11.3 Å². The zero-order valence-electron chi connectivity index (χ0n) is 10.3. The number of allylic oxidation sites excluding steroid dienone is 1. The zero-order chi connectivity index (χ0) is 11.5. The molecule has 1 rings (SSSR count). The number of hydrogen-bond donors (Lipinski definition) is 0. The molecule has 0 bridgehead atoms. The standard InChI is InChI=1S/C13H22O2/c1-5-10-8-7-9-13(3,4)11(10)12(14)15-6-2/h8,11H,5-7,9H2,1-4H3/t11-/m0/s1. The normalized spacial score (nSPS) is 24.5. The molecule has 0 saturated heterocycles. The number of carbonyl (C=O) groups excluding carboxylic acids is 1. The molecule has 0 spiro atoms. The Bertz CT molecular complexity index is 264. The Balaban J connectivity index is 2.91. The molecule has 1 atom stereocenters. The summed E-state index contributed by atoms with van der Waals surface area (Å²) in [6.45, 7) is 8.78. The van der Waals surface area contributed by atoms with Gasteiger partial charge in [-0.25, -0.2) is 0 Å². The van der Waals surface area contributed by atoms with E-state index in [-0.39, 0.29) is 17.3 Å². The smallest absolute Gasteiger partial charge is 0.313 e. The second kappa shape index (κ2) is 4.82. The van der Waals surface area contributed by atoms with Crippen molar-refractivity contribution >= 4 is 5.97 Å². The molecule has 0 amide bonds. The summed E-state index contributed by atoms with van der Waals surface area (Å²) in [6, 6.07) is 0. The lowest BCUT2D eigenvalue weighted by Gasteiger charge is -2.37. The Morgan fingerprint density at radius 1 is 1.53 bits per heavy atom. The van der Waals surface area contributed by atoms with Crippen LogP contribution in [0.4, 0.5) is 0 Å². The van der Waals surface area contributed by atoms with Crippen molar-refractivity contribution in [2.45, 2.75) is 47.0 Å². The maximum absolute atomic E-state index is 11.9. The monoisotopic (exact) mass is 210 g/mol. The first-order valence-electron chi connectivity index (χ1n) is 5.88. The van der Waals surface area contributed by atoms with Crippen LogP contribution in [0.2, 0.25) is 0 Å². The quantitative estimate of drug-likeness (QED) is 0.527. The van der Waals surface area contributed by atoms with Crippen LogP contribution in [0.15, 0.2) is 11.6 Å². The van der Waals surface area contributed by atoms with Gasteiger partial charge in [0.1, 0.15) is 0 Å². The Labute approximate surface area is 92.7 Å². The van der Waals surface area contributed by atoms with Crippen LogP contribution in [0.3, 0.4) is 0 Å². The molecule has 0 N–H and O–H groups in total. The predicted octanol–water partition coefficient (Wildman–Crippen LogP) is 3.32. The van der Waals surface area contributed by atoms with Gasteiger partial charge in [-0.1, -0.05) is 32.4 Å². The number of carbonyl (C=O) groups is 1. The molecule has 1 aliphatic carbocycles. The van der Waals surface area contributed by atoms with E-state index in [0.29, 0.717) is 6.61 Å². The van der Waals surface area contributed by atoms with Gasteiger partial charge in [0, 0.05) is 0 Å². The summed E-state index contributed by atoms with van der Waals surface area (Å²) in [7, 11) is 0. The van der Waals surface area contributed by atoms with Gasteiger partial charge in [-0.15, -0.1) is 0 Å². The third-order valence-corrected chi connectivity index (χ3v) is 3.28. The molecule has 15 heavy (non-hydrogen) atoms. The lowest BCUT2D eigenvalue weighted by atomic mass is 9.68. The van der Waals surface area contributed by atoms with Gasteiger partial charge in [0.25, 0.3) is 0 Å². The maximum Gasteiger partial charge on any atom is 0.313 e. The Hall–Kier alpha value is -0.790. The van der Waals surface area contributed by atoms with E-state index >= 15 is 0 Å². The van der Waals surface area contributed by atoms with Crippen molar-refractivity contribution in [2.75, 3.05) is 6.61 Å². The topological polar surface area (TPSA) is 26.3 Å². The molecule has 0 aliphatic heterocycles. The van der Waals surface area contributed by atoms with Gasteiger partial charge in [-0.3, -0.25) is 4.79 Å². The molecular weight excluding hydrogens is 188 g/mol. The third-order valence-electron chi connectivity index (χ3n) is 3.28. The van der Waals surface area contributed by atoms with Gasteiger partial charge in [0.15, 0.2) is 0 Å². The highest BCUT2D eigenvalue weighted by Crippen LogP contribution is 2.42. The average Bonchev–Trinajstić information content (AvgIpc) is 2.16. The summed E-state index contributed by atoms with van der Waals surface area (Å²) in [6.07, 6.45) is 5.33. The summed E-state index contributed by atoms with van der Waals surface area (Å²) in [5.74, 6) is -0.0773. The number of rotatable bonds is 3. The largest absolute Gasteiger partial charge is 0.466 e. The minimum atomic E-state index is -0.0460. The van der Waals surface area contributed by atoms with Crippen LogP contribution in [0.5, 0.6) is 0 Å². The highest BCUT2D eigenvalue weighted by molar-refractivity contribution is 5.77. The molecule has 0 fully saturated rings. The first-order valence-corrected chi connectivity index (χ1v) is 5.88. The molecule has 0 aromatic heterocycles. The summed E-state index contributed by atoms with van der Waals surface area (Å²) in [5, 5.41) is 0. The van der Waals surface area contributed by atoms with E-state index in [0.717, 1.165) is 19.3 Å². The minimum Gasteiger partial charge on any atom is -0.466 e. The molecule has 0 unspecified atom stereocenters. The molecule has 1 aliphatic rings. The molecule has 2 heteroatoms. The van der Waals surface area contributed by atoms with Gasteiger partial charge < -0.3 is 4.74 Å². The van der Waals surface area contributed by atoms with Crippen molar-refractivity contribution in [1.29, 1.82) is 0 Å². The molecule has 0 aromatic rings. The lowest BCUT2D eigenvalue weighted by molar-refractivity contribution is -0.150. The molecule has 2 nitrogen and oxygen atoms in total. The third kappa shape index (κ3) is 2.61. The summed E-state index contributed by atoms with van der Waals surface area (Å²) in [5.41, 5.74) is 1.30.